The standard InChI is InChI=1S/C7H8N4O2/c8-7(12)11(10-13)9-6-4-2-1-3-5-6/h1-5,9H,(H2,8,12). The third kappa shape index (κ3) is 2.44. The van der Waals surface area contributed by atoms with Gasteiger partial charge < -0.3 is 5.73 Å². The fourth-order valence-corrected chi connectivity index (χ4v) is 0.751. The smallest absolute Gasteiger partial charge is 0.348 e. The van der Waals surface area contributed by atoms with Crippen molar-refractivity contribution in [1.29, 1.82) is 0 Å². The van der Waals surface area contributed by atoms with E-state index >= 15 is 0 Å². The summed E-state index contributed by atoms with van der Waals surface area (Å²) in [5, 5.41) is 2.79. The molecular weight excluding hydrogens is 172 g/mol. The van der Waals surface area contributed by atoms with Gasteiger partial charge in [0, 0.05) is 0 Å². The van der Waals surface area contributed by atoms with E-state index in [9.17, 15) is 9.70 Å². The van der Waals surface area contributed by atoms with E-state index in [1.165, 1.54) is 0 Å². The largest absolute Gasteiger partial charge is 0.357 e. The lowest BCUT2D eigenvalue weighted by molar-refractivity contribution is 0.219. The minimum absolute atomic E-state index is 0.412. The highest BCUT2D eigenvalue weighted by Crippen LogP contribution is 2.06. The van der Waals surface area contributed by atoms with Crippen molar-refractivity contribution in [3.63, 3.8) is 0 Å². The zero-order chi connectivity index (χ0) is 9.68. The van der Waals surface area contributed by atoms with Gasteiger partial charge in [0.2, 0.25) is 0 Å². The Morgan fingerprint density at radius 2 is 2.00 bits per heavy atom. The average Bonchev–Trinajstić information content (AvgIpc) is 2.15. The van der Waals surface area contributed by atoms with Gasteiger partial charge >= 0.3 is 6.03 Å². The molecule has 0 saturated carbocycles. The quantitative estimate of drug-likeness (QED) is 0.538. The molecule has 68 valence electrons. The first-order chi connectivity index (χ1) is 6.24. The van der Waals surface area contributed by atoms with Gasteiger partial charge in [-0.1, -0.05) is 23.3 Å². The number of nitrogens with one attached hydrogen (secondary N) is 1. The van der Waals surface area contributed by atoms with Gasteiger partial charge in [-0.3, -0.25) is 5.43 Å². The molecule has 13 heavy (non-hydrogen) atoms. The number of primary amides is 1. The maximum absolute atomic E-state index is 10.5. The summed E-state index contributed by atoms with van der Waals surface area (Å²) in [6.07, 6.45) is 0. The Kier molecular flexibility index (Phi) is 2.80. The van der Waals surface area contributed by atoms with E-state index in [2.05, 4.69) is 10.7 Å². The molecule has 0 aliphatic carbocycles. The predicted octanol–water partition coefficient (Wildman–Crippen LogP) is 1.08. The average molecular weight is 180 g/mol. The number of nitrogens with zero attached hydrogens (tertiary/aromatic N) is 2. The van der Waals surface area contributed by atoms with E-state index in [1.807, 2.05) is 0 Å². The van der Waals surface area contributed by atoms with E-state index in [1.54, 1.807) is 30.3 Å². The van der Waals surface area contributed by atoms with E-state index in [4.69, 9.17) is 5.73 Å². The number of hydrogen-bond acceptors (Lipinski definition) is 4. The molecule has 1 aromatic carbocycles. The number of amides is 2. The van der Waals surface area contributed by atoms with Crippen molar-refractivity contribution >= 4 is 11.7 Å². The van der Waals surface area contributed by atoms with Gasteiger partial charge in [0.05, 0.1) is 11.0 Å². The van der Waals surface area contributed by atoms with Crippen molar-refractivity contribution in [2.75, 3.05) is 5.43 Å². The summed E-state index contributed by atoms with van der Waals surface area (Å²) >= 11 is 0. The van der Waals surface area contributed by atoms with E-state index in [-0.39, 0.29) is 0 Å². The van der Waals surface area contributed by atoms with Crippen LogP contribution in [-0.4, -0.2) is 11.1 Å². The molecule has 1 aromatic rings. The van der Waals surface area contributed by atoms with Crippen LogP contribution in [0.3, 0.4) is 0 Å². The molecule has 6 nitrogen and oxygen atoms in total. The molecule has 0 fully saturated rings. The molecule has 0 spiro atoms. The molecule has 0 atom stereocenters. The summed E-state index contributed by atoms with van der Waals surface area (Å²) in [7, 11) is 0. The van der Waals surface area contributed by atoms with Crippen LogP contribution >= 0.6 is 0 Å². The Hall–Kier alpha value is -2.11. The third-order valence-electron chi connectivity index (χ3n) is 1.30. The molecule has 0 aromatic heterocycles. The van der Waals surface area contributed by atoms with Crippen LogP contribution < -0.4 is 11.2 Å². The predicted molar refractivity (Wildman–Crippen MR) is 47.3 cm³/mol. The minimum Gasteiger partial charge on any atom is -0.348 e. The zero-order valence-corrected chi connectivity index (χ0v) is 6.68. The second-order valence-corrected chi connectivity index (χ2v) is 2.21. The molecule has 3 N–H and O–H groups in total. The second kappa shape index (κ2) is 4.05. The lowest BCUT2D eigenvalue weighted by Crippen LogP contribution is -2.35. The molecule has 0 aliphatic heterocycles. The number of hydrogen-bond donors (Lipinski definition) is 2. The highest BCUT2D eigenvalue weighted by atomic mass is 16.3. The van der Waals surface area contributed by atoms with Gasteiger partial charge in [0.25, 0.3) is 0 Å². The number of anilines is 1. The van der Waals surface area contributed by atoms with E-state index < -0.39 is 6.03 Å². The van der Waals surface area contributed by atoms with Crippen LogP contribution in [-0.2, 0) is 0 Å². The number of benzene rings is 1. The molecule has 0 saturated heterocycles. The summed E-state index contributed by atoms with van der Waals surface area (Å²) in [5.74, 6) is 0. The lowest BCUT2D eigenvalue weighted by Gasteiger charge is -2.11. The molecule has 6 heteroatoms. The van der Waals surface area contributed by atoms with Crippen LogP contribution in [0.1, 0.15) is 0 Å². The monoisotopic (exact) mass is 180 g/mol. The van der Waals surface area contributed by atoms with Gasteiger partial charge in [-0.2, -0.15) is 0 Å². The summed E-state index contributed by atoms with van der Waals surface area (Å²) in [6, 6.07) is 7.66. The van der Waals surface area contributed by atoms with Crippen molar-refractivity contribution in [2.24, 2.45) is 11.0 Å². The highest BCUT2D eigenvalue weighted by Gasteiger charge is 2.08. The first-order valence-corrected chi connectivity index (χ1v) is 3.48. The molecule has 0 aliphatic rings. The molecule has 0 bridgehead atoms. The fraction of sp³-hybridized carbons (Fsp3) is 0. The number of rotatable bonds is 3. The Morgan fingerprint density at radius 3 is 2.46 bits per heavy atom. The number of nitroso groups, excluding NO2 is 1. The Balaban J connectivity index is 2.67. The van der Waals surface area contributed by atoms with Crippen LogP contribution in [0.5, 0.6) is 0 Å². The fourth-order valence-electron chi connectivity index (χ4n) is 0.751. The lowest BCUT2D eigenvalue weighted by atomic mass is 10.3. The van der Waals surface area contributed by atoms with Gasteiger partial charge in [-0.15, -0.1) is 4.91 Å². The summed E-state index contributed by atoms with van der Waals surface area (Å²) in [6.45, 7) is 0. The van der Waals surface area contributed by atoms with Crippen molar-refractivity contribution in [3.05, 3.63) is 35.2 Å². The highest BCUT2D eigenvalue weighted by molar-refractivity contribution is 5.73. The normalized spacial score (nSPS) is 8.92. The van der Waals surface area contributed by atoms with Gasteiger partial charge in [-0.25, -0.2) is 4.79 Å². The van der Waals surface area contributed by atoms with Gasteiger partial charge in [0.1, 0.15) is 0 Å². The van der Waals surface area contributed by atoms with Crippen molar-refractivity contribution in [3.8, 4) is 0 Å². The van der Waals surface area contributed by atoms with E-state index in [0.717, 1.165) is 0 Å². The Bertz CT molecular complexity index is 301. The first-order valence-electron chi connectivity index (χ1n) is 3.48. The maximum atomic E-state index is 10.5. The molecule has 2 amide bonds. The number of hydrazine groups is 1. The summed E-state index contributed by atoms with van der Waals surface area (Å²) in [5.41, 5.74) is 7.79. The SMILES string of the molecule is NC(=O)N(N=O)Nc1ccccc1. The van der Waals surface area contributed by atoms with Crippen molar-refractivity contribution < 1.29 is 4.79 Å². The van der Waals surface area contributed by atoms with Crippen molar-refractivity contribution in [1.82, 2.24) is 5.12 Å². The second-order valence-electron chi connectivity index (χ2n) is 2.21. The maximum Gasteiger partial charge on any atom is 0.357 e. The number of carbonyl (C=O) groups excluding carboxylic acids is 1. The topological polar surface area (TPSA) is 87.8 Å². The molecule has 0 heterocycles. The molecule has 1 rings (SSSR count). The van der Waals surface area contributed by atoms with Gasteiger partial charge in [-0.05, 0) is 12.1 Å². The van der Waals surface area contributed by atoms with Crippen LogP contribution in [0.4, 0.5) is 10.5 Å². The number of urea groups is 1. The Morgan fingerprint density at radius 1 is 1.38 bits per heavy atom. The number of nitrogens with two attached hydrogens (primary N) is 1. The first kappa shape index (κ1) is 8.98. The van der Waals surface area contributed by atoms with E-state index in [0.29, 0.717) is 10.8 Å². The minimum atomic E-state index is -0.959. The Labute approximate surface area is 74.2 Å². The molecule has 0 radical (unpaired) electrons. The number of carbonyl (C=O) groups is 1. The van der Waals surface area contributed by atoms with Crippen LogP contribution in [0, 0.1) is 4.91 Å². The zero-order valence-electron chi connectivity index (χ0n) is 6.68. The summed E-state index contributed by atoms with van der Waals surface area (Å²) < 4.78 is 0. The van der Waals surface area contributed by atoms with Crippen LogP contribution in [0.25, 0.3) is 0 Å². The van der Waals surface area contributed by atoms with Crippen LogP contribution in [0.15, 0.2) is 35.6 Å². The van der Waals surface area contributed by atoms with Gasteiger partial charge in [0.15, 0.2) is 0 Å². The molecule has 0 unspecified atom stereocenters. The van der Waals surface area contributed by atoms with Crippen molar-refractivity contribution in [2.45, 2.75) is 0 Å². The number of para-hydroxylation sites is 1. The third-order valence-corrected chi connectivity index (χ3v) is 1.30. The van der Waals surface area contributed by atoms with Crippen LogP contribution in [0.2, 0.25) is 0 Å². The summed E-state index contributed by atoms with van der Waals surface area (Å²) in [4.78, 5) is 20.6. The molecular formula is C7H8N4O2.